The lowest BCUT2D eigenvalue weighted by Gasteiger charge is -2.26. The first-order valence-electron chi connectivity index (χ1n) is 14.8. The molecule has 0 atom stereocenters. The lowest BCUT2D eigenvalue weighted by molar-refractivity contribution is 0.102. The third kappa shape index (κ3) is 6.96. The SMILES string of the molecule is CC1CCC(COc2cc(Oc3ccc(-c4nnc5n4CCCCCC5)cc3)cc(C(=O)Nc3nccs3)c2)CC1. The van der Waals surface area contributed by atoms with Gasteiger partial charge in [0, 0.05) is 41.7 Å². The first-order valence-corrected chi connectivity index (χ1v) is 15.7. The molecule has 4 aromatic rings. The summed E-state index contributed by atoms with van der Waals surface area (Å²) in [4.78, 5) is 17.3. The largest absolute Gasteiger partial charge is 0.493 e. The van der Waals surface area contributed by atoms with Gasteiger partial charge in [-0.3, -0.25) is 10.1 Å². The number of amides is 1. The van der Waals surface area contributed by atoms with Crippen LogP contribution >= 0.6 is 11.3 Å². The second-order valence-electron chi connectivity index (χ2n) is 11.3. The molecule has 2 aromatic heterocycles. The molecule has 1 fully saturated rings. The Kier molecular flexibility index (Phi) is 8.60. The molecular weight excluding hydrogens is 534 g/mol. The Morgan fingerprint density at radius 1 is 0.976 bits per heavy atom. The number of rotatable bonds is 8. The van der Waals surface area contributed by atoms with E-state index in [1.807, 2.05) is 35.7 Å². The highest BCUT2D eigenvalue weighted by Crippen LogP contribution is 2.32. The zero-order valence-electron chi connectivity index (χ0n) is 23.6. The number of hydrogen-bond acceptors (Lipinski definition) is 7. The zero-order chi connectivity index (χ0) is 28.0. The number of anilines is 1. The molecule has 41 heavy (non-hydrogen) atoms. The number of ether oxygens (including phenoxy) is 2. The topological polar surface area (TPSA) is 91.2 Å². The molecule has 2 aliphatic rings. The second kappa shape index (κ2) is 12.9. The first kappa shape index (κ1) is 27.4. The Morgan fingerprint density at radius 2 is 1.78 bits per heavy atom. The Labute approximate surface area is 245 Å². The van der Waals surface area contributed by atoms with Gasteiger partial charge in [-0.05, 0) is 73.9 Å². The fourth-order valence-corrected chi connectivity index (χ4v) is 6.22. The molecule has 1 aliphatic carbocycles. The highest BCUT2D eigenvalue weighted by atomic mass is 32.1. The zero-order valence-corrected chi connectivity index (χ0v) is 24.4. The molecule has 1 amide bonds. The van der Waals surface area contributed by atoms with Crippen LogP contribution in [-0.4, -0.2) is 32.3 Å². The fourth-order valence-electron chi connectivity index (χ4n) is 5.69. The van der Waals surface area contributed by atoms with E-state index in [1.54, 1.807) is 18.3 Å². The number of aromatic nitrogens is 4. The van der Waals surface area contributed by atoms with Crippen LogP contribution in [0, 0.1) is 11.8 Å². The standard InChI is InChI=1S/C32H37N5O3S/c1-22-7-9-23(10-8-22)21-39-27-18-25(31(38)34-32-33-15-17-41-32)19-28(20-27)40-26-13-11-24(12-14-26)30-36-35-29-6-4-2-3-5-16-37(29)30/h11-15,17-20,22-23H,2-10,16,21H2,1H3,(H,33,34,38). The Balaban J connectivity index is 1.20. The van der Waals surface area contributed by atoms with E-state index in [4.69, 9.17) is 9.47 Å². The Bertz CT molecular complexity index is 1440. The molecule has 6 rings (SSSR count). The van der Waals surface area contributed by atoms with E-state index in [1.165, 1.54) is 49.9 Å². The van der Waals surface area contributed by atoms with Crippen molar-refractivity contribution in [1.29, 1.82) is 0 Å². The van der Waals surface area contributed by atoms with E-state index in [2.05, 4.69) is 32.0 Å². The van der Waals surface area contributed by atoms with Crippen LogP contribution in [-0.2, 0) is 13.0 Å². The minimum absolute atomic E-state index is 0.250. The average Bonchev–Trinajstić information content (AvgIpc) is 3.62. The van der Waals surface area contributed by atoms with E-state index < -0.39 is 0 Å². The number of nitrogens with one attached hydrogen (secondary N) is 1. The monoisotopic (exact) mass is 571 g/mol. The summed E-state index contributed by atoms with van der Waals surface area (Å²) in [6.45, 7) is 3.91. The van der Waals surface area contributed by atoms with Crippen molar-refractivity contribution in [2.24, 2.45) is 11.8 Å². The summed E-state index contributed by atoms with van der Waals surface area (Å²) in [6.07, 6.45) is 12.3. The summed E-state index contributed by atoms with van der Waals surface area (Å²) in [6, 6.07) is 13.3. The van der Waals surface area contributed by atoms with Gasteiger partial charge < -0.3 is 14.0 Å². The first-order chi connectivity index (χ1) is 20.1. The van der Waals surface area contributed by atoms with Crippen LogP contribution in [0.4, 0.5) is 5.13 Å². The van der Waals surface area contributed by atoms with E-state index in [-0.39, 0.29) is 5.91 Å². The Hall–Kier alpha value is -3.72. The Morgan fingerprint density at radius 3 is 2.59 bits per heavy atom. The second-order valence-corrected chi connectivity index (χ2v) is 12.2. The maximum atomic E-state index is 13.1. The summed E-state index contributed by atoms with van der Waals surface area (Å²) in [5.74, 6) is 4.90. The van der Waals surface area contributed by atoms with Gasteiger partial charge in [0.1, 0.15) is 23.1 Å². The van der Waals surface area contributed by atoms with Gasteiger partial charge in [0.2, 0.25) is 0 Å². The number of benzene rings is 2. The van der Waals surface area contributed by atoms with Crippen LogP contribution in [0.3, 0.4) is 0 Å². The average molecular weight is 572 g/mol. The van der Waals surface area contributed by atoms with Gasteiger partial charge in [-0.1, -0.05) is 32.6 Å². The lowest BCUT2D eigenvalue weighted by atomic mass is 9.83. The minimum Gasteiger partial charge on any atom is -0.493 e. The highest BCUT2D eigenvalue weighted by molar-refractivity contribution is 7.13. The number of carbonyl (C=O) groups excluding carboxylic acids is 1. The third-order valence-electron chi connectivity index (χ3n) is 8.12. The van der Waals surface area contributed by atoms with E-state index in [0.717, 1.165) is 48.9 Å². The third-order valence-corrected chi connectivity index (χ3v) is 8.81. The molecule has 0 saturated heterocycles. The van der Waals surface area contributed by atoms with Crippen LogP contribution in [0.25, 0.3) is 11.4 Å². The van der Waals surface area contributed by atoms with Crippen molar-refractivity contribution in [3.8, 4) is 28.6 Å². The van der Waals surface area contributed by atoms with Gasteiger partial charge in [-0.15, -0.1) is 21.5 Å². The predicted octanol–water partition coefficient (Wildman–Crippen LogP) is 7.77. The van der Waals surface area contributed by atoms with Crippen molar-refractivity contribution in [1.82, 2.24) is 19.7 Å². The van der Waals surface area contributed by atoms with Crippen molar-refractivity contribution in [3.63, 3.8) is 0 Å². The van der Waals surface area contributed by atoms with Gasteiger partial charge in [0.15, 0.2) is 11.0 Å². The van der Waals surface area contributed by atoms with Crippen molar-refractivity contribution in [2.75, 3.05) is 11.9 Å². The smallest absolute Gasteiger partial charge is 0.257 e. The van der Waals surface area contributed by atoms with Crippen LogP contribution in [0.2, 0.25) is 0 Å². The van der Waals surface area contributed by atoms with Crippen LogP contribution in [0.1, 0.15) is 74.5 Å². The number of aryl methyl sites for hydroxylation is 1. The number of thiazole rings is 1. The number of nitrogens with zero attached hydrogens (tertiary/aromatic N) is 4. The van der Waals surface area contributed by atoms with Gasteiger partial charge in [0.25, 0.3) is 5.91 Å². The quantitative estimate of drug-likeness (QED) is 0.232. The summed E-state index contributed by atoms with van der Waals surface area (Å²) in [7, 11) is 0. The summed E-state index contributed by atoms with van der Waals surface area (Å²) >= 11 is 1.38. The molecule has 0 unspecified atom stereocenters. The lowest BCUT2D eigenvalue weighted by Crippen LogP contribution is -2.19. The predicted molar refractivity (Wildman–Crippen MR) is 161 cm³/mol. The van der Waals surface area contributed by atoms with Gasteiger partial charge in [0.05, 0.1) is 6.61 Å². The molecule has 0 bridgehead atoms. The molecule has 0 radical (unpaired) electrons. The van der Waals surface area contributed by atoms with Gasteiger partial charge in [-0.25, -0.2) is 4.98 Å². The van der Waals surface area contributed by atoms with E-state index in [9.17, 15) is 4.79 Å². The molecule has 1 N–H and O–H groups in total. The summed E-state index contributed by atoms with van der Waals surface area (Å²) in [5, 5.41) is 14.2. The van der Waals surface area contributed by atoms with Crippen molar-refractivity contribution in [2.45, 2.75) is 71.3 Å². The van der Waals surface area contributed by atoms with Crippen LogP contribution < -0.4 is 14.8 Å². The maximum absolute atomic E-state index is 13.1. The van der Waals surface area contributed by atoms with E-state index >= 15 is 0 Å². The summed E-state index contributed by atoms with van der Waals surface area (Å²) < 4.78 is 14.8. The number of carbonyl (C=O) groups is 1. The normalized spacial score (nSPS) is 19.0. The molecule has 3 heterocycles. The van der Waals surface area contributed by atoms with Crippen LogP contribution in [0.5, 0.6) is 17.2 Å². The summed E-state index contributed by atoms with van der Waals surface area (Å²) in [5.41, 5.74) is 1.47. The fraction of sp³-hybridized carbons (Fsp3) is 0.438. The molecule has 2 aromatic carbocycles. The molecule has 8 nitrogen and oxygen atoms in total. The molecule has 214 valence electrons. The number of fused-ring (bicyclic) bond motifs is 1. The molecule has 1 saturated carbocycles. The minimum atomic E-state index is -0.250. The van der Waals surface area contributed by atoms with Crippen molar-refractivity contribution < 1.29 is 14.3 Å². The molecule has 9 heteroatoms. The van der Waals surface area contributed by atoms with Crippen molar-refractivity contribution in [3.05, 3.63) is 65.4 Å². The molecule has 0 spiro atoms. The van der Waals surface area contributed by atoms with E-state index in [0.29, 0.717) is 40.5 Å². The maximum Gasteiger partial charge on any atom is 0.257 e. The highest BCUT2D eigenvalue weighted by Gasteiger charge is 2.20. The van der Waals surface area contributed by atoms with Crippen LogP contribution in [0.15, 0.2) is 54.0 Å². The molecular formula is C32H37N5O3S. The molecule has 1 aliphatic heterocycles. The van der Waals surface area contributed by atoms with Gasteiger partial charge in [-0.2, -0.15) is 0 Å². The number of hydrogen-bond donors (Lipinski definition) is 1. The van der Waals surface area contributed by atoms with Gasteiger partial charge >= 0.3 is 0 Å². The van der Waals surface area contributed by atoms with Crippen molar-refractivity contribution >= 4 is 22.4 Å².